The summed E-state index contributed by atoms with van der Waals surface area (Å²) >= 11 is 0. The monoisotopic (exact) mass is 433 g/mol. The van der Waals surface area contributed by atoms with E-state index in [4.69, 9.17) is 19.4 Å². The van der Waals surface area contributed by atoms with Gasteiger partial charge in [-0.15, -0.1) is 0 Å². The fourth-order valence-electron chi connectivity index (χ4n) is 3.43. The van der Waals surface area contributed by atoms with E-state index in [1.54, 1.807) is 6.20 Å². The summed E-state index contributed by atoms with van der Waals surface area (Å²) in [7, 11) is 3.83. The van der Waals surface area contributed by atoms with Crippen molar-refractivity contribution in [3.8, 4) is 5.88 Å². The Morgan fingerprint density at radius 3 is 2.67 bits per heavy atom. The average Bonchev–Trinajstić information content (AvgIpc) is 3.03. The highest BCUT2D eigenvalue weighted by Crippen LogP contribution is 2.36. The number of carboxylic acids is 1. The molecule has 2 saturated heterocycles. The number of hydrogen-bond acceptors (Lipinski definition) is 6. The number of carbonyl (C=O) groups excluding carboxylic acids is 1. The standard InChI is InChI=1S/C17H25N3O3.C2HF3O2/c1-19(2)11-16(21)20-9-5-7-17(13-20)10-14(12-22-17)23-15-6-3-4-8-18-15;3-2(4,5)1(6)7/h3-4,6,8,14H,5,7,9-13H2,1-2H3;(H,6,7)/t14-,17+;/m1./s1. The molecule has 0 aromatic carbocycles. The van der Waals surface area contributed by atoms with Crippen LogP contribution in [0, 0.1) is 0 Å². The van der Waals surface area contributed by atoms with Crippen molar-refractivity contribution in [2.45, 2.75) is 37.1 Å². The number of aliphatic carboxylic acids is 1. The molecule has 1 aromatic rings. The quantitative estimate of drug-likeness (QED) is 0.774. The van der Waals surface area contributed by atoms with Crippen LogP contribution in [0.4, 0.5) is 13.2 Å². The van der Waals surface area contributed by atoms with E-state index in [1.807, 2.05) is 42.1 Å². The molecule has 30 heavy (non-hydrogen) atoms. The molecule has 3 heterocycles. The van der Waals surface area contributed by atoms with E-state index < -0.39 is 12.1 Å². The van der Waals surface area contributed by atoms with E-state index in [1.165, 1.54) is 0 Å². The number of likely N-dealkylation sites (tertiary alicyclic amines) is 1. The number of carbonyl (C=O) groups is 2. The van der Waals surface area contributed by atoms with Crippen LogP contribution in [0.15, 0.2) is 24.4 Å². The molecule has 8 nitrogen and oxygen atoms in total. The number of piperidine rings is 1. The maximum atomic E-state index is 12.3. The van der Waals surface area contributed by atoms with Crippen molar-refractivity contribution >= 4 is 11.9 Å². The Balaban J connectivity index is 0.000000396. The van der Waals surface area contributed by atoms with Crippen LogP contribution in [-0.2, 0) is 14.3 Å². The molecule has 1 N–H and O–H groups in total. The van der Waals surface area contributed by atoms with Gasteiger partial charge in [0.2, 0.25) is 11.8 Å². The van der Waals surface area contributed by atoms with Gasteiger partial charge < -0.3 is 24.4 Å². The molecule has 0 saturated carbocycles. The largest absolute Gasteiger partial charge is 0.490 e. The number of carboxylic acid groups (broad SMARTS) is 1. The van der Waals surface area contributed by atoms with Crippen LogP contribution < -0.4 is 4.74 Å². The molecule has 2 aliphatic rings. The number of amides is 1. The lowest BCUT2D eigenvalue weighted by molar-refractivity contribution is -0.192. The fraction of sp³-hybridized carbons (Fsp3) is 0.632. The number of ether oxygens (including phenoxy) is 2. The van der Waals surface area contributed by atoms with E-state index in [9.17, 15) is 18.0 Å². The Hall–Kier alpha value is -2.40. The Morgan fingerprint density at radius 1 is 1.40 bits per heavy atom. The van der Waals surface area contributed by atoms with Crippen molar-refractivity contribution in [1.29, 1.82) is 0 Å². The summed E-state index contributed by atoms with van der Waals surface area (Å²) in [6, 6.07) is 5.64. The lowest BCUT2D eigenvalue weighted by Crippen LogP contribution is -2.52. The molecule has 0 aliphatic carbocycles. The number of rotatable bonds is 4. The van der Waals surface area contributed by atoms with Crippen LogP contribution in [0.3, 0.4) is 0 Å². The first-order chi connectivity index (χ1) is 14.0. The highest BCUT2D eigenvalue weighted by Gasteiger charge is 2.45. The van der Waals surface area contributed by atoms with E-state index in [0.29, 0.717) is 25.6 Å². The van der Waals surface area contributed by atoms with E-state index >= 15 is 0 Å². The lowest BCUT2D eigenvalue weighted by atomic mass is 9.89. The second-order valence-electron chi connectivity index (χ2n) is 7.57. The lowest BCUT2D eigenvalue weighted by Gasteiger charge is -2.40. The van der Waals surface area contributed by atoms with Crippen LogP contribution in [0.1, 0.15) is 19.3 Å². The van der Waals surface area contributed by atoms with Gasteiger partial charge in [-0.3, -0.25) is 4.79 Å². The third-order valence-electron chi connectivity index (χ3n) is 4.69. The number of alkyl halides is 3. The number of halogens is 3. The second-order valence-corrected chi connectivity index (χ2v) is 7.57. The van der Waals surface area contributed by atoms with Gasteiger partial charge >= 0.3 is 12.1 Å². The van der Waals surface area contributed by atoms with Crippen LogP contribution in [0.2, 0.25) is 0 Å². The normalized spacial score (nSPS) is 23.8. The van der Waals surface area contributed by atoms with Crippen molar-refractivity contribution in [2.24, 2.45) is 0 Å². The average molecular weight is 433 g/mol. The van der Waals surface area contributed by atoms with Crippen LogP contribution >= 0.6 is 0 Å². The first-order valence-corrected chi connectivity index (χ1v) is 9.45. The summed E-state index contributed by atoms with van der Waals surface area (Å²) in [6.45, 7) is 2.50. The van der Waals surface area contributed by atoms with Crippen LogP contribution in [0.25, 0.3) is 0 Å². The molecule has 1 amide bonds. The summed E-state index contributed by atoms with van der Waals surface area (Å²) in [5.41, 5.74) is -0.250. The zero-order valence-electron chi connectivity index (χ0n) is 16.9. The first-order valence-electron chi connectivity index (χ1n) is 9.45. The minimum absolute atomic E-state index is 0.00815. The molecule has 2 aliphatic heterocycles. The molecule has 0 unspecified atom stereocenters. The van der Waals surface area contributed by atoms with Gasteiger partial charge in [-0.25, -0.2) is 9.78 Å². The van der Waals surface area contributed by atoms with Crippen molar-refractivity contribution in [3.63, 3.8) is 0 Å². The smallest absolute Gasteiger partial charge is 0.475 e. The first kappa shape index (κ1) is 23.9. The molecule has 168 valence electrons. The van der Waals surface area contributed by atoms with E-state index in [-0.39, 0.29) is 17.6 Å². The molecule has 2 atom stereocenters. The molecule has 1 spiro atoms. The summed E-state index contributed by atoms with van der Waals surface area (Å²) in [4.78, 5) is 29.3. The Bertz CT molecular complexity index is 717. The third kappa shape index (κ3) is 7.13. The maximum Gasteiger partial charge on any atom is 0.490 e. The van der Waals surface area contributed by atoms with Gasteiger partial charge in [-0.2, -0.15) is 13.2 Å². The summed E-state index contributed by atoms with van der Waals surface area (Å²) in [6.07, 6.45) is -0.566. The van der Waals surface area contributed by atoms with Gasteiger partial charge in [0.15, 0.2) is 0 Å². The Labute approximate surface area is 172 Å². The van der Waals surface area contributed by atoms with E-state index in [2.05, 4.69) is 4.98 Å². The molecule has 3 rings (SSSR count). The second kappa shape index (κ2) is 10.1. The van der Waals surface area contributed by atoms with Gasteiger partial charge in [0.25, 0.3) is 0 Å². The van der Waals surface area contributed by atoms with Crippen molar-refractivity contribution in [3.05, 3.63) is 24.4 Å². The van der Waals surface area contributed by atoms with Crippen molar-refractivity contribution < 1.29 is 37.3 Å². The number of aromatic nitrogens is 1. The molecule has 0 bridgehead atoms. The van der Waals surface area contributed by atoms with E-state index in [0.717, 1.165) is 25.8 Å². The van der Waals surface area contributed by atoms with Gasteiger partial charge in [0.05, 0.1) is 18.8 Å². The highest BCUT2D eigenvalue weighted by atomic mass is 19.4. The zero-order valence-corrected chi connectivity index (χ0v) is 16.9. The number of likely N-dealkylation sites (N-methyl/N-ethyl adjacent to an activating group) is 1. The topological polar surface area (TPSA) is 92.2 Å². The minimum atomic E-state index is -5.08. The summed E-state index contributed by atoms with van der Waals surface area (Å²) < 4.78 is 43.7. The molecular formula is C19H26F3N3O5. The summed E-state index contributed by atoms with van der Waals surface area (Å²) in [5, 5.41) is 7.12. The molecular weight excluding hydrogens is 407 g/mol. The highest BCUT2D eigenvalue weighted by molar-refractivity contribution is 5.78. The van der Waals surface area contributed by atoms with Gasteiger partial charge in [-0.1, -0.05) is 6.07 Å². The SMILES string of the molecule is CN(C)CC(=O)N1CCC[C@]2(C[C@@H](Oc3ccccn3)CO2)C1.O=C(O)C(F)(F)F. The van der Waals surface area contributed by atoms with Crippen LogP contribution in [-0.4, -0.2) is 90.0 Å². The molecule has 2 fully saturated rings. The predicted octanol–water partition coefficient (Wildman–Crippen LogP) is 1.81. The fourth-order valence-corrected chi connectivity index (χ4v) is 3.43. The molecule has 1 aromatic heterocycles. The maximum absolute atomic E-state index is 12.3. The van der Waals surface area contributed by atoms with Gasteiger partial charge in [-0.05, 0) is 33.0 Å². The number of pyridine rings is 1. The zero-order chi connectivity index (χ0) is 22.4. The predicted molar refractivity (Wildman–Crippen MR) is 100 cm³/mol. The van der Waals surface area contributed by atoms with Crippen LogP contribution in [0.5, 0.6) is 5.88 Å². The summed E-state index contributed by atoms with van der Waals surface area (Å²) in [5.74, 6) is -1.95. The van der Waals surface area contributed by atoms with Gasteiger partial charge in [0, 0.05) is 31.8 Å². The minimum Gasteiger partial charge on any atom is -0.475 e. The van der Waals surface area contributed by atoms with Gasteiger partial charge in [0.1, 0.15) is 6.10 Å². The molecule has 0 radical (unpaired) electrons. The van der Waals surface area contributed by atoms with Crippen molar-refractivity contribution in [1.82, 2.24) is 14.8 Å². The Kier molecular flexibility index (Phi) is 8.02. The third-order valence-corrected chi connectivity index (χ3v) is 4.69. The van der Waals surface area contributed by atoms with Crippen molar-refractivity contribution in [2.75, 3.05) is 40.3 Å². The molecule has 11 heteroatoms. The number of hydrogen-bond donors (Lipinski definition) is 1. The number of nitrogens with zero attached hydrogens (tertiary/aromatic N) is 3. The Morgan fingerprint density at radius 2 is 2.10 bits per heavy atom.